The molecule has 1 aliphatic carbocycles. The van der Waals surface area contributed by atoms with Gasteiger partial charge in [-0.25, -0.2) is 0 Å². The maximum absolute atomic E-state index is 4.10. The summed E-state index contributed by atoms with van der Waals surface area (Å²) in [5.41, 5.74) is 1.45. The van der Waals surface area contributed by atoms with Crippen LogP contribution in [0.3, 0.4) is 0 Å². The first-order valence-corrected chi connectivity index (χ1v) is 6.39. The van der Waals surface area contributed by atoms with Gasteiger partial charge in [0.1, 0.15) is 0 Å². The minimum atomic E-state index is 0.679. The molecule has 2 heteroatoms. The van der Waals surface area contributed by atoms with Crippen LogP contribution in [-0.4, -0.2) is 60.7 Å². The molecule has 0 aromatic heterocycles. The summed E-state index contributed by atoms with van der Waals surface area (Å²) >= 11 is 0.679. The van der Waals surface area contributed by atoms with Gasteiger partial charge in [-0.3, -0.25) is 0 Å². The molecule has 2 aliphatic rings. The van der Waals surface area contributed by atoms with Gasteiger partial charge >= 0.3 is 105 Å². The molecule has 0 radical (unpaired) electrons. The number of hydrogen-bond donors (Lipinski definition) is 0. The van der Waals surface area contributed by atoms with Crippen LogP contribution < -0.4 is 0 Å². The molecule has 2 atom stereocenters. The minimum absolute atomic E-state index is 0.679. The van der Waals surface area contributed by atoms with Gasteiger partial charge < -0.3 is 0 Å². The molecular formula is C8H12NRb. The van der Waals surface area contributed by atoms with Crippen LogP contribution in [0.1, 0.15) is 25.7 Å². The van der Waals surface area contributed by atoms with Crippen molar-refractivity contribution in [3.05, 3.63) is 12.3 Å². The molecule has 0 amide bonds. The average Bonchev–Trinajstić information content (AvgIpc) is 2.41. The third-order valence-electron chi connectivity index (χ3n) is 3.11. The van der Waals surface area contributed by atoms with Gasteiger partial charge in [-0.2, -0.15) is 0 Å². The van der Waals surface area contributed by atoms with Crippen LogP contribution in [0.25, 0.3) is 0 Å². The van der Waals surface area contributed by atoms with E-state index in [4.69, 9.17) is 0 Å². The Balaban J connectivity index is 2.16. The molecule has 0 aromatic rings. The van der Waals surface area contributed by atoms with Crippen molar-refractivity contribution in [3.63, 3.8) is 0 Å². The zero-order chi connectivity index (χ0) is 7.14. The van der Waals surface area contributed by atoms with Gasteiger partial charge in [0, 0.05) is 0 Å². The van der Waals surface area contributed by atoms with E-state index in [9.17, 15) is 0 Å². The van der Waals surface area contributed by atoms with E-state index in [-0.39, 0.29) is 0 Å². The SMILES string of the molecule is C=C1CC2CCCC2[N]1[Rb]. The van der Waals surface area contributed by atoms with Gasteiger partial charge in [0.25, 0.3) is 0 Å². The van der Waals surface area contributed by atoms with Gasteiger partial charge in [0.15, 0.2) is 0 Å². The van der Waals surface area contributed by atoms with E-state index in [0.717, 1.165) is 12.0 Å². The van der Waals surface area contributed by atoms with E-state index in [0.29, 0.717) is 56.0 Å². The molecule has 0 spiro atoms. The Kier molecular flexibility index (Phi) is 2.39. The van der Waals surface area contributed by atoms with Crippen molar-refractivity contribution in [1.29, 1.82) is 0 Å². The second-order valence-corrected chi connectivity index (χ2v) is 6.01. The van der Waals surface area contributed by atoms with E-state index in [2.05, 4.69) is 5.22 Å². The van der Waals surface area contributed by atoms with Crippen LogP contribution in [-0.2, 0) is 0 Å². The second kappa shape index (κ2) is 3.00. The van der Waals surface area contributed by atoms with Crippen molar-refractivity contribution in [1.82, 2.24) is -1.36 Å². The van der Waals surface area contributed by atoms with Crippen LogP contribution in [0, 0.1) is 5.92 Å². The van der Waals surface area contributed by atoms with Crippen LogP contribution in [0.4, 0.5) is 0 Å². The Morgan fingerprint density at radius 1 is 1.50 bits per heavy atom. The Morgan fingerprint density at radius 3 is 3.00 bits per heavy atom. The van der Waals surface area contributed by atoms with Crippen molar-refractivity contribution in [3.8, 4) is 0 Å². The fourth-order valence-corrected chi connectivity index (χ4v) is 4.57. The van der Waals surface area contributed by atoms with Gasteiger partial charge in [-0.15, -0.1) is 0 Å². The topological polar surface area (TPSA) is 3.24 Å². The first-order valence-electron chi connectivity index (χ1n) is 4.19. The number of hydrogen-bond acceptors (Lipinski definition) is 1. The van der Waals surface area contributed by atoms with E-state index < -0.39 is 0 Å². The molecule has 1 nitrogen and oxygen atoms in total. The van der Waals surface area contributed by atoms with E-state index in [1.54, 1.807) is 0 Å². The summed E-state index contributed by atoms with van der Waals surface area (Å²) in [6.07, 6.45) is 5.72. The number of allylic oxidation sites excluding steroid dienone is 1. The Morgan fingerprint density at radius 2 is 2.30 bits per heavy atom. The predicted molar refractivity (Wildman–Crippen MR) is 42.5 cm³/mol. The monoisotopic (exact) mass is 207 g/mol. The number of rotatable bonds is 0. The van der Waals surface area contributed by atoms with Gasteiger partial charge in [0.05, 0.1) is 0 Å². The summed E-state index contributed by atoms with van der Waals surface area (Å²) in [6, 6.07) is 0.947. The molecule has 2 fully saturated rings. The Hall–Kier alpha value is 1.35. The van der Waals surface area contributed by atoms with Gasteiger partial charge in [0.2, 0.25) is 0 Å². The Bertz CT molecular complexity index is 167. The average molecular weight is 208 g/mol. The van der Waals surface area contributed by atoms with Crippen molar-refractivity contribution >= 4 is 56.0 Å². The summed E-state index contributed by atoms with van der Waals surface area (Å²) in [6.45, 7) is 4.10. The molecule has 1 heterocycles. The molecule has 2 rings (SSSR count). The standard InChI is InChI=1S/C8H12N.Rb/c1-6-5-7-3-2-4-8(7)9-6;/h7-8H,1-5H2;/q-1;+1. The van der Waals surface area contributed by atoms with Crippen molar-refractivity contribution in [2.75, 3.05) is 0 Å². The van der Waals surface area contributed by atoms with Crippen molar-refractivity contribution in [2.45, 2.75) is 31.7 Å². The molecule has 1 aliphatic heterocycles. The zero-order valence-electron chi connectivity index (χ0n) is 6.64. The van der Waals surface area contributed by atoms with E-state index in [1.807, 2.05) is 0 Å². The van der Waals surface area contributed by atoms with Crippen LogP contribution >= 0.6 is 0 Å². The van der Waals surface area contributed by atoms with Crippen LogP contribution in [0.2, 0.25) is 0 Å². The molecule has 50 valence electrons. The fourth-order valence-electron chi connectivity index (χ4n) is 2.45. The molecule has 0 bridgehead atoms. The third kappa shape index (κ3) is 1.19. The van der Waals surface area contributed by atoms with Crippen molar-refractivity contribution in [2.24, 2.45) is 5.92 Å². The summed E-state index contributed by atoms with van der Waals surface area (Å²) in [5, 5.41) is 0. The maximum atomic E-state index is 4.10. The molecule has 2 unspecified atom stereocenters. The quantitative estimate of drug-likeness (QED) is 0.582. The normalized spacial score (nSPS) is 39.0. The van der Waals surface area contributed by atoms with Gasteiger partial charge in [-0.1, -0.05) is 0 Å². The first-order chi connectivity index (χ1) is 4.79. The van der Waals surface area contributed by atoms with Crippen LogP contribution in [0.5, 0.6) is 0 Å². The molecule has 0 N–H and O–H groups in total. The van der Waals surface area contributed by atoms with E-state index >= 15 is 0 Å². The molecule has 1 saturated heterocycles. The summed E-state index contributed by atoms with van der Waals surface area (Å²) in [7, 11) is 0. The molecule has 10 heavy (non-hydrogen) atoms. The van der Waals surface area contributed by atoms with E-state index in [1.165, 1.54) is 31.4 Å². The summed E-state index contributed by atoms with van der Waals surface area (Å²) in [4.78, 5) is 0. The predicted octanol–water partition coefficient (Wildman–Crippen LogP) is 1.46. The third-order valence-corrected chi connectivity index (χ3v) is 6.30. The first kappa shape index (κ1) is 7.97. The zero-order valence-corrected chi connectivity index (χ0v) is 11.6. The summed E-state index contributed by atoms with van der Waals surface area (Å²) in [5.74, 6) is 1.01. The van der Waals surface area contributed by atoms with Gasteiger partial charge in [-0.05, 0) is 0 Å². The Labute approximate surface area is 103 Å². The van der Waals surface area contributed by atoms with Crippen LogP contribution in [0.15, 0.2) is 12.3 Å². The number of fused-ring (bicyclic) bond motifs is 1. The molecule has 0 aromatic carbocycles. The molecular weight excluding hydrogens is 196 g/mol. The molecule has 1 saturated carbocycles. The summed E-state index contributed by atoms with van der Waals surface area (Å²) < 4.78 is 2.60. The fraction of sp³-hybridized carbons (Fsp3) is 0.750. The van der Waals surface area contributed by atoms with Crippen molar-refractivity contribution < 1.29 is 0 Å². The second-order valence-electron chi connectivity index (χ2n) is 3.64. The number of nitrogens with zero attached hydrogens (tertiary/aromatic N) is 1.